The Kier molecular flexibility index (Phi) is 4.04. The summed E-state index contributed by atoms with van der Waals surface area (Å²) in [7, 11) is 3.34. The van der Waals surface area contributed by atoms with Crippen LogP contribution < -0.4 is 0 Å². The van der Waals surface area contributed by atoms with Crippen molar-refractivity contribution in [3.63, 3.8) is 0 Å². The number of hydrazone groups is 1. The van der Waals surface area contributed by atoms with Crippen LogP contribution in [0.3, 0.4) is 0 Å². The Balaban J connectivity index is 2.79. The molecule has 1 aliphatic rings. The van der Waals surface area contributed by atoms with Crippen LogP contribution in [-0.4, -0.2) is 24.8 Å². The van der Waals surface area contributed by atoms with Gasteiger partial charge < -0.3 is 5.01 Å². The van der Waals surface area contributed by atoms with Crippen LogP contribution in [-0.2, 0) is 0 Å². The lowest BCUT2D eigenvalue weighted by molar-refractivity contribution is 0.363. The highest BCUT2D eigenvalue weighted by Crippen LogP contribution is 2.58. The second-order valence-electron chi connectivity index (χ2n) is 5.57. The van der Waals surface area contributed by atoms with Crippen molar-refractivity contribution in [1.29, 1.82) is 21.0 Å². The Labute approximate surface area is 135 Å². The van der Waals surface area contributed by atoms with Gasteiger partial charge in [-0.3, -0.25) is 0 Å². The first-order chi connectivity index (χ1) is 11.0. The molecule has 23 heavy (non-hydrogen) atoms. The minimum absolute atomic E-state index is 0.213. The summed E-state index contributed by atoms with van der Waals surface area (Å²) >= 11 is 0. The van der Waals surface area contributed by atoms with Crippen molar-refractivity contribution in [2.45, 2.75) is 12.3 Å². The number of nitriles is 4. The van der Waals surface area contributed by atoms with Crippen LogP contribution in [0.25, 0.3) is 0 Å². The fourth-order valence-electron chi connectivity index (χ4n) is 3.08. The maximum atomic E-state index is 9.75. The van der Waals surface area contributed by atoms with Gasteiger partial charge in [0.1, 0.15) is 0 Å². The first-order valence-electron chi connectivity index (χ1n) is 6.96. The summed E-state index contributed by atoms with van der Waals surface area (Å²) in [6.07, 6.45) is 0.213. The molecule has 6 heteroatoms. The van der Waals surface area contributed by atoms with E-state index in [1.54, 1.807) is 38.4 Å². The average molecular weight is 302 g/mol. The van der Waals surface area contributed by atoms with Crippen LogP contribution >= 0.6 is 0 Å². The Bertz CT molecular complexity index is 767. The quantitative estimate of drug-likeness (QED) is 0.777. The Morgan fingerprint density at radius 1 is 1.00 bits per heavy atom. The van der Waals surface area contributed by atoms with E-state index in [0.29, 0.717) is 0 Å². The fraction of sp³-hybridized carbons (Fsp3) is 0.353. The van der Waals surface area contributed by atoms with Gasteiger partial charge >= 0.3 is 0 Å². The average Bonchev–Trinajstić information content (AvgIpc) is 2.85. The highest BCUT2D eigenvalue weighted by Gasteiger charge is 2.68. The van der Waals surface area contributed by atoms with Gasteiger partial charge in [0.15, 0.2) is 5.41 Å². The van der Waals surface area contributed by atoms with Crippen LogP contribution in [0.1, 0.15) is 17.9 Å². The van der Waals surface area contributed by atoms with Crippen LogP contribution in [0.15, 0.2) is 35.4 Å². The predicted octanol–water partition coefficient (Wildman–Crippen LogP) is 2.16. The summed E-state index contributed by atoms with van der Waals surface area (Å²) < 4.78 is 0. The predicted molar refractivity (Wildman–Crippen MR) is 82.2 cm³/mol. The smallest absolute Gasteiger partial charge is 0.215 e. The highest BCUT2D eigenvalue weighted by molar-refractivity contribution is 6.00. The summed E-state index contributed by atoms with van der Waals surface area (Å²) in [6.45, 7) is 0. The molecule has 0 amide bonds. The van der Waals surface area contributed by atoms with Crippen molar-refractivity contribution in [2.75, 3.05) is 14.1 Å². The molecule has 6 nitrogen and oxygen atoms in total. The van der Waals surface area contributed by atoms with Gasteiger partial charge in [0.05, 0.1) is 30.0 Å². The highest BCUT2D eigenvalue weighted by atomic mass is 15.4. The van der Waals surface area contributed by atoms with E-state index in [2.05, 4.69) is 5.10 Å². The first-order valence-corrected chi connectivity index (χ1v) is 6.96. The summed E-state index contributed by atoms with van der Waals surface area (Å²) in [5.74, 6) is -0.586. The van der Waals surface area contributed by atoms with Gasteiger partial charge in [-0.1, -0.05) is 30.3 Å². The third kappa shape index (κ3) is 2.10. The minimum Gasteiger partial charge on any atom is -0.303 e. The lowest BCUT2D eigenvalue weighted by Crippen LogP contribution is -2.40. The largest absolute Gasteiger partial charge is 0.303 e. The zero-order valence-electron chi connectivity index (χ0n) is 12.9. The van der Waals surface area contributed by atoms with Crippen LogP contribution in [0, 0.1) is 56.2 Å². The van der Waals surface area contributed by atoms with Gasteiger partial charge in [0.2, 0.25) is 5.41 Å². The maximum absolute atomic E-state index is 9.75. The van der Waals surface area contributed by atoms with Crippen LogP contribution in [0.4, 0.5) is 0 Å². The second-order valence-corrected chi connectivity index (χ2v) is 5.57. The minimum atomic E-state index is -1.89. The van der Waals surface area contributed by atoms with Crippen LogP contribution in [0.5, 0.6) is 0 Å². The van der Waals surface area contributed by atoms with E-state index in [1.807, 2.05) is 30.3 Å². The molecule has 0 unspecified atom stereocenters. The monoisotopic (exact) mass is 302 g/mol. The molecule has 1 fully saturated rings. The van der Waals surface area contributed by atoms with Gasteiger partial charge in [0.25, 0.3) is 0 Å². The second kappa shape index (κ2) is 5.80. The summed E-state index contributed by atoms with van der Waals surface area (Å²) in [6, 6.07) is 16.8. The van der Waals surface area contributed by atoms with Crippen molar-refractivity contribution in [1.82, 2.24) is 5.01 Å². The molecule has 0 N–H and O–H groups in total. The summed E-state index contributed by atoms with van der Waals surface area (Å²) in [4.78, 5) is 0. The Morgan fingerprint density at radius 3 is 2.00 bits per heavy atom. The molecule has 0 radical (unpaired) electrons. The molecular formula is C17H14N6. The molecule has 1 aromatic rings. The van der Waals surface area contributed by atoms with Gasteiger partial charge in [-0.2, -0.15) is 26.1 Å². The number of nitrogens with zero attached hydrogens (tertiary/aromatic N) is 6. The lowest BCUT2D eigenvalue weighted by Gasteiger charge is -2.28. The normalized spacial score (nSPS) is 22.3. The Hall–Kier alpha value is -3.35. The molecule has 1 aromatic carbocycles. The lowest BCUT2D eigenvalue weighted by atomic mass is 9.63. The SMILES string of the molecule is CN(C)/N=C1/C[C@H](c2ccccc2)C(C#N)(C#N)C1(C#N)C#N. The zero-order valence-corrected chi connectivity index (χ0v) is 12.9. The molecule has 1 aliphatic carbocycles. The first kappa shape index (κ1) is 16.0. The molecule has 0 bridgehead atoms. The van der Waals surface area contributed by atoms with Gasteiger partial charge in [-0.05, 0) is 12.0 Å². The van der Waals surface area contributed by atoms with Crippen molar-refractivity contribution >= 4 is 5.71 Å². The third-order valence-electron chi connectivity index (χ3n) is 4.16. The van der Waals surface area contributed by atoms with E-state index in [0.717, 1.165) is 5.56 Å². The molecule has 0 spiro atoms. The number of benzene rings is 1. The van der Waals surface area contributed by atoms with Crippen molar-refractivity contribution in [2.24, 2.45) is 15.9 Å². The van der Waals surface area contributed by atoms with Gasteiger partial charge in [-0.25, -0.2) is 0 Å². The molecule has 0 heterocycles. The van der Waals surface area contributed by atoms with Gasteiger partial charge in [-0.15, -0.1) is 0 Å². The molecular weight excluding hydrogens is 288 g/mol. The summed E-state index contributed by atoms with van der Waals surface area (Å²) in [5.41, 5.74) is -2.69. The van der Waals surface area contributed by atoms with E-state index < -0.39 is 16.7 Å². The zero-order chi connectivity index (χ0) is 17.1. The number of hydrogen-bond donors (Lipinski definition) is 0. The molecule has 0 aromatic heterocycles. The van der Waals surface area contributed by atoms with E-state index >= 15 is 0 Å². The summed E-state index contributed by atoms with van der Waals surface area (Å²) in [5, 5.41) is 44.6. The fourth-order valence-corrected chi connectivity index (χ4v) is 3.08. The van der Waals surface area contributed by atoms with Crippen molar-refractivity contribution < 1.29 is 0 Å². The number of hydrogen-bond acceptors (Lipinski definition) is 6. The molecule has 0 aliphatic heterocycles. The van der Waals surface area contributed by atoms with Crippen LogP contribution in [0.2, 0.25) is 0 Å². The topological polar surface area (TPSA) is 111 Å². The van der Waals surface area contributed by atoms with E-state index in [9.17, 15) is 21.0 Å². The van der Waals surface area contributed by atoms with Crippen molar-refractivity contribution in [3.05, 3.63) is 35.9 Å². The van der Waals surface area contributed by atoms with Gasteiger partial charge in [0, 0.05) is 20.0 Å². The molecule has 0 saturated heterocycles. The maximum Gasteiger partial charge on any atom is 0.215 e. The third-order valence-corrected chi connectivity index (χ3v) is 4.16. The van der Waals surface area contributed by atoms with Crippen molar-refractivity contribution in [3.8, 4) is 24.3 Å². The van der Waals surface area contributed by atoms with E-state index in [1.165, 1.54) is 5.01 Å². The molecule has 1 atom stereocenters. The van der Waals surface area contributed by atoms with E-state index in [-0.39, 0.29) is 12.1 Å². The standard InChI is InChI=1S/C17H14N6/c1-23(2)22-15-8-14(13-6-4-3-5-7-13)16(9-18,10-19)17(15,11-20)12-21/h3-7,14H,8H2,1-2H3/b22-15-/t14-/m1/s1. The Morgan fingerprint density at radius 2 is 1.57 bits per heavy atom. The molecule has 1 saturated carbocycles. The molecule has 112 valence electrons. The molecule has 2 rings (SSSR count). The van der Waals surface area contributed by atoms with E-state index in [4.69, 9.17) is 0 Å². The number of rotatable bonds is 2.